The third-order valence-corrected chi connectivity index (χ3v) is 8.60. The van der Waals surface area contributed by atoms with Gasteiger partial charge in [0.15, 0.2) is 0 Å². The van der Waals surface area contributed by atoms with Gasteiger partial charge in [0.1, 0.15) is 17.6 Å². The number of aliphatic hydroxyl groups is 1. The summed E-state index contributed by atoms with van der Waals surface area (Å²) in [6.07, 6.45) is 27.0. The maximum Gasteiger partial charge on any atom is 0.273 e. The number of thiazole rings is 1. The number of aliphatic hydroxyl groups excluding tert-OH is 1. The molecule has 0 saturated heterocycles. The van der Waals surface area contributed by atoms with Crippen LogP contribution in [0.1, 0.15) is 166 Å². The van der Waals surface area contributed by atoms with Crippen molar-refractivity contribution >= 4 is 17.2 Å². The highest BCUT2D eigenvalue weighted by atomic mass is 32.1. The Balaban J connectivity index is 2.45. The van der Waals surface area contributed by atoms with E-state index >= 15 is 0 Å². The molecule has 0 radical (unpaired) electrons. The second kappa shape index (κ2) is 26.4. The molecule has 6 nitrogen and oxygen atoms in total. The summed E-state index contributed by atoms with van der Waals surface area (Å²) >= 11 is 1.30. The van der Waals surface area contributed by atoms with E-state index < -0.39 is 6.10 Å². The predicted octanol–water partition coefficient (Wildman–Crippen LogP) is 9.16. The first-order chi connectivity index (χ1) is 20.0. The lowest BCUT2D eigenvalue weighted by molar-refractivity contribution is 0.0753. The van der Waals surface area contributed by atoms with Gasteiger partial charge < -0.3 is 20.1 Å². The quantitative estimate of drug-likeness (QED) is 0.0903. The molecule has 1 heterocycles. The number of hydrogen-bond donors (Lipinski definition) is 2. The van der Waals surface area contributed by atoms with Crippen LogP contribution in [0.3, 0.4) is 0 Å². The minimum atomic E-state index is -0.607. The maximum atomic E-state index is 13.4. The molecule has 1 unspecified atom stereocenters. The highest BCUT2D eigenvalue weighted by Crippen LogP contribution is 2.23. The molecule has 7 heteroatoms. The van der Waals surface area contributed by atoms with Gasteiger partial charge in [0, 0.05) is 25.7 Å². The normalized spacial score (nSPS) is 12.2. The monoisotopic (exact) mass is 595 g/mol. The van der Waals surface area contributed by atoms with E-state index in [4.69, 9.17) is 4.74 Å². The maximum absolute atomic E-state index is 13.4. The van der Waals surface area contributed by atoms with E-state index in [2.05, 4.69) is 24.1 Å². The number of unbranched alkanes of at least 4 members (excludes halogenated alkanes) is 18. The van der Waals surface area contributed by atoms with E-state index in [1.807, 2.05) is 18.7 Å². The molecule has 0 bridgehead atoms. The summed E-state index contributed by atoms with van der Waals surface area (Å²) in [6.45, 7) is 10.9. The lowest BCUT2D eigenvalue weighted by Crippen LogP contribution is -2.35. The van der Waals surface area contributed by atoms with Gasteiger partial charge in [-0.05, 0) is 12.8 Å². The van der Waals surface area contributed by atoms with E-state index in [9.17, 15) is 9.90 Å². The summed E-state index contributed by atoms with van der Waals surface area (Å²) in [5, 5.41) is 13.8. The summed E-state index contributed by atoms with van der Waals surface area (Å²) in [6, 6.07) is 0.311. The van der Waals surface area contributed by atoms with Crippen LogP contribution in [0, 0.1) is 0 Å². The van der Waals surface area contributed by atoms with Crippen molar-refractivity contribution in [3.8, 4) is 5.19 Å². The van der Waals surface area contributed by atoms with Crippen LogP contribution in [0.5, 0.6) is 5.19 Å². The number of nitrogens with zero attached hydrogens (tertiary/aromatic N) is 2. The minimum absolute atomic E-state index is 0.0752. The van der Waals surface area contributed by atoms with E-state index in [0.29, 0.717) is 22.7 Å². The Morgan fingerprint density at radius 2 is 1.24 bits per heavy atom. The molecular weight excluding hydrogens is 530 g/mol. The van der Waals surface area contributed by atoms with Gasteiger partial charge in [0.25, 0.3) is 11.1 Å². The van der Waals surface area contributed by atoms with Gasteiger partial charge in [-0.1, -0.05) is 155 Å². The Kier molecular flexibility index (Phi) is 24.4. The lowest BCUT2D eigenvalue weighted by atomic mass is 10.1. The van der Waals surface area contributed by atoms with E-state index in [-0.39, 0.29) is 12.5 Å². The molecule has 1 aromatic heterocycles. The molecule has 1 amide bonds. The van der Waals surface area contributed by atoms with Gasteiger partial charge in [-0.3, -0.25) is 4.79 Å². The van der Waals surface area contributed by atoms with Crippen LogP contribution in [-0.4, -0.2) is 59.3 Å². The Hall–Kier alpha value is -1.18. The average Bonchev–Trinajstić information content (AvgIpc) is 3.44. The summed E-state index contributed by atoms with van der Waals surface area (Å²) in [5.74, 6) is 0.0752. The van der Waals surface area contributed by atoms with Crippen molar-refractivity contribution in [2.24, 2.45) is 0 Å². The van der Waals surface area contributed by atoms with Gasteiger partial charge in [0.05, 0.1) is 6.20 Å². The number of nitrogens with one attached hydrogen (secondary N) is 1. The first-order valence-electron chi connectivity index (χ1n) is 17.3. The van der Waals surface area contributed by atoms with Crippen LogP contribution >= 0.6 is 11.3 Å². The van der Waals surface area contributed by atoms with E-state index in [1.165, 1.54) is 127 Å². The molecule has 41 heavy (non-hydrogen) atoms. The van der Waals surface area contributed by atoms with Crippen LogP contribution < -0.4 is 10.1 Å². The van der Waals surface area contributed by atoms with Crippen LogP contribution in [0.4, 0.5) is 0 Å². The molecule has 0 aromatic carbocycles. The fraction of sp³-hybridized carbons (Fsp3) is 0.882. The highest BCUT2D eigenvalue weighted by Gasteiger charge is 2.19. The zero-order chi connectivity index (χ0) is 30.0. The van der Waals surface area contributed by atoms with Gasteiger partial charge in [-0.15, -0.1) is 0 Å². The molecule has 0 spiro atoms. The number of aromatic nitrogens is 1. The average molecular weight is 596 g/mol. The third kappa shape index (κ3) is 21.2. The van der Waals surface area contributed by atoms with Gasteiger partial charge in [-0.2, -0.15) is 0 Å². The van der Waals surface area contributed by atoms with Crippen LogP contribution in [0.2, 0.25) is 0 Å². The molecule has 0 aliphatic rings. The highest BCUT2D eigenvalue weighted by molar-refractivity contribution is 7.15. The van der Waals surface area contributed by atoms with Crippen LogP contribution in [-0.2, 0) is 0 Å². The van der Waals surface area contributed by atoms with Gasteiger partial charge >= 0.3 is 0 Å². The summed E-state index contributed by atoms with van der Waals surface area (Å²) in [5.41, 5.74) is 0. The Morgan fingerprint density at radius 1 is 0.805 bits per heavy atom. The number of carbonyl (C=O) groups is 1. The van der Waals surface area contributed by atoms with Crippen LogP contribution in [0.15, 0.2) is 6.20 Å². The van der Waals surface area contributed by atoms with E-state index in [1.54, 1.807) is 6.20 Å². The second-order valence-electron chi connectivity index (χ2n) is 12.2. The molecular formula is C34H65N3O3S. The van der Waals surface area contributed by atoms with Crippen molar-refractivity contribution in [1.29, 1.82) is 0 Å². The lowest BCUT2D eigenvalue weighted by Gasteiger charge is -2.22. The number of ether oxygens (including phenoxy) is 1. The first kappa shape index (κ1) is 37.8. The Morgan fingerprint density at radius 3 is 1.68 bits per heavy atom. The molecule has 240 valence electrons. The number of rotatable bonds is 29. The van der Waals surface area contributed by atoms with Crippen molar-refractivity contribution < 1.29 is 14.6 Å². The number of hydrogen-bond acceptors (Lipinski definition) is 6. The summed E-state index contributed by atoms with van der Waals surface area (Å²) in [4.78, 5) is 20.4. The molecule has 1 atom stereocenters. The van der Waals surface area contributed by atoms with Crippen molar-refractivity contribution in [2.75, 3.05) is 26.2 Å². The van der Waals surface area contributed by atoms with Crippen LogP contribution in [0.25, 0.3) is 0 Å². The van der Waals surface area contributed by atoms with Crippen molar-refractivity contribution in [3.63, 3.8) is 0 Å². The van der Waals surface area contributed by atoms with Crippen molar-refractivity contribution in [3.05, 3.63) is 11.1 Å². The second-order valence-corrected chi connectivity index (χ2v) is 13.2. The van der Waals surface area contributed by atoms with Gasteiger partial charge in [0.2, 0.25) is 0 Å². The van der Waals surface area contributed by atoms with Gasteiger partial charge in [-0.25, -0.2) is 4.98 Å². The van der Waals surface area contributed by atoms with Crippen molar-refractivity contribution in [2.45, 2.75) is 168 Å². The fourth-order valence-corrected chi connectivity index (χ4v) is 5.82. The van der Waals surface area contributed by atoms with Crippen molar-refractivity contribution in [1.82, 2.24) is 15.2 Å². The molecule has 1 rings (SSSR count). The van der Waals surface area contributed by atoms with E-state index in [0.717, 1.165) is 25.9 Å². The molecule has 0 aliphatic carbocycles. The number of amides is 1. The SMILES string of the molecule is CCCCCCCCCCCCN(CCCCCCCCCCCC)C(=O)c1cnc(OCC(O)CNC(C)C)s1. The summed E-state index contributed by atoms with van der Waals surface area (Å²) < 4.78 is 5.69. The smallest absolute Gasteiger partial charge is 0.273 e. The molecule has 1 aromatic rings. The topological polar surface area (TPSA) is 74.7 Å². The Bertz CT molecular complexity index is 704. The zero-order valence-electron chi connectivity index (χ0n) is 27.3. The molecule has 0 saturated carbocycles. The molecule has 0 aliphatic heterocycles. The molecule has 2 N–H and O–H groups in total. The minimum Gasteiger partial charge on any atom is -0.467 e. The standard InChI is InChI=1S/C34H65N3O3S/c1-5-7-9-11-13-15-17-19-21-23-25-37(26-24-22-20-18-16-14-12-10-8-6-2)33(39)32-28-36-34(41-32)40-29-31(38)27-35-30(3)4/h28,30-31,35,38H,5-27,29H2,1-4H3. The first-order valence-corrected chi connectivity index (χ1v) is 18.1. The largest absolute Gasteiger partial charge is 0.467 e. The fourth-order valence-electron chi connectivity index (χ4n) is 5.07. The predicted molar refractivity (Wildman–Crippen MR) is 176 cm³/mol. The number of carbonyl (C=O) groups excluding carboxylic acids is 1. The molecule has 0 fully saturated rings. The third-order valence-electron chi connectivity index (χ3n) is 7.71. The zero-order valence-corrected chi connectivity index (χ0v) is 28.1. The summed E-state index contributed by atoms with van der Waals surface area (Å²) in [7, 11) is 0. The Labute approximate surface area is 257 Å².